The highest BCUT2D eigenvalue weighted by Crippen LogP contribution is 2.19. The number of imidazole rings is 1. The van der Waals surface area contributed by atoms with Crippen molar-refractivity contribution in [3.05, 3.63) is 90.5 Å². The number of aliphatic imine (C=N–C) groups is 1. The summed E-state index contributed by atoms with van der Waals surface area (Å²) in [4.78, 5) is 8.46. The lowest BCUT2D eigenvalue weighted by atomic mass is 10.1. The molecule has 31 heavy (non-hydrogen) atoms. The molecule has 7 heteroatoms. The molecule has 156 valence electrons. The van der Waals surface area contributed by atoms with Gasteiger partial charge in [0, 0.05) is 24.0 Å². The summed E-state index contributed by atoms with van der Waals surface area (Å²) in [5.41, 5.74) is 14.3. The molecule has 0 fully saturated rings. The van der Waals surface area contributed by atoms with E-state index in [1.54, 1.807) is 18.6 Å². The van der Waals surface area contributed by atoms with E-state index in [0.717, 1.165) is 28.9 Å². The van der Waals surface area contributed by atoms with Gasteiger partial charge in [0.05, 0.1) is 25.5 Å². The number of nitrogens with one attached hydrogen (secondary N) is 1. The van der Waals surface area contributed by atoms with E-state index in [-0.39, 0.29) is 6.04 Å². The summed E-state index contributed by atoms with van der Waals surface area (Å²) in [5.74, 6) is 0.293. The molecule has 0 amide bonds. The number of aryl methyl sites for hydroxylation is 1. The van der Waals surface area contributed by atoms with Crippen molar-refractivity contribution in [2.24, 2.45) is 22.9 Å². The fourth-order valence-corrected chi connectivity index (χ4v) is 3.54. The van der Waals surface area contributed by atoms with Gasteiger partial charge < -0.3 is 5.73 Å². The molecule has 1 unspecified atom stereocenters. The van der Waals surface area contributed by atoms with Crippen LogP contribution in [0.15, 0.2) is 89.5 Å². The Morgan fingerprint density at radius 1 is 1.16 bits per heavy atom. The van der Waals surface area contributed by atoms with Gasteiger partial charge in [-0.05, 0) is 54.8 Å². The molecule has 0 aliphatic rings. The predicted molar refractivity (Wildman–Crippen MR) is 124 cm³/mol. The van der Waals surface area contributed by atoms with Gasteiger partial charge in [0.1, 0.15) is 6.20 Å². The fraction of sp³-hybridized carbons (Fsp3) is 0.167. The van der Waals surface area contributed by atoms with Gasteiger partial charge in [0.2, 0.25) is 5.96 Å². The van der Waals surface area contributed by atoms with Gasteiger partial charge in [-0.15, -0.1) is 0 Å². The first kappa shape index (κ1) is 20.3. The summed E-state index contributed by atoms with van der Waals surface area (Å²) in [5, 5.41) is 4.21. The molecule has 3 N–H and O–H groups in total. The number of benzene rings is 1. The van der Waals surface area contributed by atoms with Crippen LogP contribution in [0.1, 0.15) is 18.1 Å². The fourth-order valence-electron chi connectivity index (χ4n) is 3.54. The first-order valence-electron chi connectivity index (χ1n) is 10.2. The minimum atomic E-state index is 0.0445. The van der Waals surface area contributed by atoms with Crippen molar-refractivity contribution in [1.29, 1.82) is 0 Å². The Bertz CT molecular complexity index is 1210. The highest BCUT2D eigenvalue weighted by molar-refractivity contribution is 5.83. The van der Waals surface area contributed by atoms with Crippen molar-refractivity contribution in [1.82, 2.24) is 15.0 Å². The first-order valence-corrected chi connectivity index (χ1v) is 10.2. The molecule has 0 aliphatic heterocycles. The van der Waals surface area contributed by atoms with Crippen molar-refractivity contribution < 1.29 is 4.40 Å². The van der Waals surface area contributed by atoms with Crippen LogP contribution in [0.4, 0.5) is 0 Å². The number of nitrogens with two attached hydrogens (primary N) is 1. The number of hydrogen-bond donors (Lipinski definition) is 2. The molecule has 1 aromatic carbocycles. The summed E-state index contributed by atoms with van der Waals surface area (Å²) >= 11 is 0. The summed E-state index contributed by atoms with van der Waals surface area (Å²) in [6.07, 6.45) is 10.3. The minimum absolute atomic E-state index is 0.0445. The van der Waals surface area contributed by atoms with E-state index >= 15 is 0 Å². The van der Waals surface area contributed by atoms with Gasteiger partial charge in [0.15, 0.2) is 5.69 Å². The van der Waals surface area contributed by atoms with E-state index in [1.807, 2.05) is 43.3 Å². The standard InChI is InChI=1S/C24H26N7/c1-18(15-19-10-12-26-13-11-19)28-24(25)29-27-16-20-6-8-21(9-7-20)22-17-31-14-4-3-5-23(31)30(22)2/h3-14,16-18H,15H2,1-2H3,(H3,25,28,29)/q+1/b27-16+. The Hall–Kier alpha value is -4.00. The smallest absolute Gasteiger partial charge is 0.286 e. The minimum Gasteiger partial charge on any atom is -0.369 e. The predicted octanol–water partition coefficient (Wildman–Crippen LogP) is 2.70. The molecule has 0 spiro atoms. The zero-order chi connectivity index (χ0) is 21.6. The van der Waals surface area contributed by atoms with Crippen molar-refractivity contribution in [2.45, 2.75) is 19.4 Å². The van der Waals surface area contributed by atoms with E-state index in [0.29, 0.717) is 5.96 Å². The third-order valence-corrected chi connectivity index (χ3v) is 5.07. The van der Waals surface area contributed by atoms with Crippen molar-refractivity contribution >= 4 is 17.8 Å². The first-order chi connectivity index (χ1) is 15.1. The zero-order valence-corrected chi connectivity index (χ0v) is 17.7. The largest absolute Gasteiger partial charge is 0.369 e. The second-order valence-corrected chi connectivity index (χ2v) is 7.45. The molecule has 3 aromatic heterocycles. The van der Waals surface area contributed by atoms with Crippen LogP contribution in [0, 0.1) is 0 Å². The summed E-state index contributed by atoms with van der Waals surface area (Å²) in [7, 11) is 2.07. The molecule has 3 heterocycles. The van der Waals surface area contributed by atoms with Crippen LogP contribution in [-0.2, 0) is 13.5 Å². The molecular weight excluding hydrogens is 386 g/mol. The SMILES string of the molecule is CC(Cc1ccncc1)N=C(N)N/N=C/c1ccc(-c2c[n+]3ccccc3n2C)cc1. The number of pyridine rings is 2. The molecule has 0 radical (unpaired) electrons. The highest BCUT2D eigenvalue weighted by Gasteiger charge is 2.14. The lowest BCUT2D eigenvalue weighted by molar-refractivity contribution is -0.510. The molecule has 4 aromatic rings. The van der Waals surface area contributed by atoms with E-state index in [9.17, 15) is 0 Å². The number of rotatable bonds is 6. The van der Waals surface area contributed by atoms with E-state index in [2.05, 4.69) is 67.1 Å². The number of nitrogens with zero attached hydrogens (tertiary/aromatic N) is 5. The third kappa shape index (κ3) is 4.95. The third-order valence-electron chi connectivity index (χ3n) is 5.07. The van der Waals surface area contributed by atoms with Gasteiger partial charge >= 0.3 is 0 Å². The number of hydrazone groups is 1. The number of guanidine groups is 1. The van der Waals surface area contributed by atoms with Gasteiger partial charge in [0.25, 0.3) is 5.65 Å². The molecule has 0 bridgehead atoms. The Balaban J connectivity index is 1.37. The lowest BCUT2D eigenvalue weighted by Gasteiger charge is -2.07. The zero-order valence-electron chi connectivity index (χ0n) is 17.7. The maximum Gasteiger partial charge on any atom is 0.286 e. The molecule has 7 nitrogen and oxygen atoms in total. The Morgan fingerprint density at radius 3 is 2.68 bits per heavy atom. The van der Waals surface area contributed by atoms with Crippen molar-refractivity contribution in [3.63, 3.8) is 0 Å². The van der Waals surface area contributed by atoms with Crippen molar-refractivity contribution in [3.8, 4) is 11.3 Å². The van der Waals surface area contributed by atoms with E-state index in [4.69, 9.17) is 5.73 Å². The lowest BCUT2D eigenvalue weighted by Crippen LogP contribution is -2.29. The van der Waals surface area contributed by atoms with Crippen LogP contribution >= 0.6 is 0 Å². The average molecular weight is 413 g/mol. The normalized spacial score (nSPS) is 13.0. The van der Waals surface area contributed by atoms with Gasteiger partial charge in [-0.3, -0.25) is 4.98 Å². The molecule has 4 rings (SSSR count). The maximum absolute atomic E-state index is 5.95. The van der Waals surface area contributed by atoms with Crippen LogP contribution in [-0.4, -0.2) is 27.8 Å². The molecule has 1 atom stereocenters. The van der Waals surface area contributed by atoms with Gasteiger partial charge in [-0.2, -0.15) is 5.10 Å². The van der Waals surface area contributed by atoms with Crippen LogP contribution in [0.2, 0.25) is 0 Å². The van der Waals surface area contributed by atoms with Crippen LogP contribution < -0.4 is 15.6 Å². The van der Waals surface area contributed by atoms with Crippen LogP contribution in [0.5, 0.6) is 0 Å². The maximum atomic E-state index is 5.95. The molecule has 0 saturated carbocycles. The highest BCUT2D eigenvalue weighted by atomic mass is 15.3. The summed E-state index contributed by atoms with van der Waals surface area (Å²) < 4.78 is 4.29. The number of fused-ring (bicyclic) bond motifs is 1. The van der Waals surface area contributed by atoms with E-state index < -0.39 is 0 Å². The molecule has 0 aliphatic carbocycles. The van der Waals surface area contributed by atoms with Crippen LogP contribution in [0.3, 0.4) is 0 Å². The molecular formula is C24H26N7+. The Morgan fingerprint density at radius 2 is 1.94 bits per heavy atom. The quantitative estimate of drug-likeness (QED) is 0.221. The second-order valence-electron chi connectivity index (χ2n) is 7.45. The molecule has 0 saturated heterocycles. The van der Waals surface area contributed by atoms with Gasteiger partial charge in [-0.1, -0.05) is 18.2 Å². The average Bonchev–Trinajstić information content (AvgIpc) is 3.11. The van der Waals surface area contributed by atoms with E-state index in [1.165, 1.54) is 5.56 Å². The van der Waals surface area contributed by atoms with Gasteiger partial charge in [-0.25, -0.2) is 19.4 Å². The Kier molecular flexibility index (Phi) is 6.03. The second kappa shape index (κ2) is 9.21. The number of hydrogen-bond acceptors (Lipinski definition) is 3. The topological polar surface area (TPSA) is 84.7 Å². The summed E-state index contributed by atoms with van der Waals surface area (Å²) in [6, 6.07) is 18.4. The van der Waals surface area contributed by atoms with Crippen LogP contribution in [0.25, 0.3) is 16.9 Å². The summed E-state index contributed by atoms with van der Waals surface area (Å²) in [6.45, 7) is 2.02. The number of aromatic nitrogens is 3. The monoisotopic (exact) mass is 412 g/mol. The van der Waals surface area contributed by atoms with Crippen molar-refractivity contribution in [2.75, 3.05) is 0 Å². The Labute approximate surface area is 181 Å².